The van der Waals surface area contributed by atoms with Gasteiger partial charge in [-0.1, -0.05) is 12.1 Å². The summed E-state index contributed by atoms with van der Waals surface area (Å²) in [6, 6.07) is 0. The minimum Gasteiger partial charge on any atom is -0.311 e. The Morgan fingerprint density at radius 3 is 2.57 bits per heavy atom. The lowest BCUT2D eigenvalue weighted by Gasteiger charge is -2.07. The van der Waals surface area contributed by atoms with Gasteiger partial charge in [0.05, 0.1) is 0 Å². The Kier molecular flexibility index (Phi) is 1.17. The van der Waals surface area contributed by atoms with Gasteiger partial charge < -0.3 is 10.2 Å². The molecule has 0 saturated heterocycles. The van der Waals surface area contributed by atoms with Crippen molar-refractivity contribution < 1.29 is 5.21 Å². The second-order valence-electron chi connectivity index (χ2n) is 1.26. The smallest absolute Gasteiger partial charge is 0.311 e. The van der Waals surface area contributed by atoms with E-state index in [1.165, 1.54) is 0 Å². The number of nitrogens with zero attached hydrogens (tertiary/aromatic N) is 1. The van der Waals surface area contributed by atoms with Crippen molar-refractivity contribution in [2.75, 3.05) is 0 Å². The fraction of sp³-hybridized carbons (Fsp3) is 0. The molecule has 0 amide bonds. The highest BCUT2D eigenvalue weighted by Crippen LogP contribution is 1.88. The maximum absolute atomic E-state index is 8.55. The highest BCUT2D eigenvalue weighted by molar-refractivity contribution is 6.38. The van der Waals surface area contributed by atoms with Gasteiger partial charge in [0.15, 0.2) is 0 Å². The van der Waals surface area contributed by atoms with Crippen LogP contribution in [0.3, 0.4) is 0 Å². The highest BCUT2D eigenvalue weighted by atomic mass is 16.5. The minimum absolute atomic E-state index is 1.00. The SMILES string of the molecule is ON1[B]C=CC=C1. The number of allylic oxidation sites excluding steroid dienone is 2. The van der Waals surface area contributed by atoms with Gasteiger partial charge >= 0.3 is 7.41 Å². The molecule has 0 aromatic heterocycles. The molecule has 3 heteroatoms. The van der Waals surface area contributed by atoms with Crippen molar-refractivity contribution in [3.8, 4) is 0 Å². The molecular weight excluding hydrogens is 88.9 g/mol. The maximum Gasteiger partial charge on any atom is 0.314 e. The molecule has 0 bridgehead atoms. The number of hydrogen-bond donors (Lipinski definition) is 1. The molecule has 0 aromatic rings. The van der Waals surface area contributed by atoms with Crippen LogP contribution in [0.2, 0.25) is 0 Å². The lowest BCUT2D eigenvalue weighted by Crippen LogP contribution is -2.16. The molecule has 35 valence electrons. The van der Waals surface area contributed by atoms with Gasteiger partial charge in [0.25, 0.3) is 0 Å². The Hall–Kier alpha value is -0.695. The van der Waals surface area contributed by atoms with E-state index >= 15 is 0 Å². The molecule has 0 spiro atoms. The van der Waals surface area contributed by atoms with E-state index in [0.717, 1.165) is 4.97 Å². The van der Waals surface area contributed by atoms with Gasteiger partial charge in [-0.3, -0.25) is 0 Å². The molecule has 1 aliphatic heterocycles. The third-order valence-electron chi connectivity index (χ3n) is 0.700. The van der Waals surface area contributed by atoms with Gasteiger partial charge in [-0.15, -0.1) is 0 Å². The highest BCUT2D eigenvalue weighted by Gasteiger charge is 1.92. The molecule has 0 aromatic carbocycles. The van der Waals surface area contributed by atoms with E-state index in [0.29, 0.717) is 0 Å². The monoisotopic (exact) mass is 94.0 g/mol. The van der Waals surface area contributed by atoms with Crippen molar-refractivity contribution in [1.82, 2.24) is 4.97 Å². The molecule has 7 heavy (non-hydrogen) atoms. The zero-order valence-electron chi connectivity index (χ0n) is 3.78. The van der Waals surface area contributed by atoms with Crippen LogP contribution in [-0.2, 0) is 0 Å². The van der Waals surface area contributed by atoms with E-state index in [-0.39, 0.29) is 0 Å². The van der Waals surface area contributed by atoms with E-state index in [2.05, 4.69) is 0 Å². The molecule has 1 aliphatic rings. The Labute approximate surface area is 43.0 Å². The lowest BCUT2D eigenvalue weighted by molar-refractivity contribution is 0.0531. The summed E-state index contributed by atoms with van der Waals surface area (Å²) in [6.45, 7) is 0. The van der Waals surface area contributed by atoms with E-state index in [1.54, 1.807) is 25.7 Å². The number of hydroxylamine groups is 1. The molecule has 1 N–H and O–H groups in total. The zero-order chi connectivity index (χ0) is 5.11. The van der Waals surface area contributed by atoms with Crippen LogP contribution >= 0.6 is 0 Å². The van der Waals surface area contributed by atoms with Crippen molar-refractivity contribution in [2.45, 2.75) is 0 Å². The van der Waals surface area contributed by atoms with Crippen molar-refractivity contribution in [1.29, 1.82) is 0 Å². The summed E-state index contributed by atoms with van der Waals surface area (Å²) in [5, 5.41) is 8.55. The van der Waals surface area contributed by atoms with Crippen LogP contribution in [-0.4, -0.2) is 17.6 Å². The van der Waals surface area contributed by atoms with Crippen LogP contribution in [0.25, 0.3) is 0 Å². The van der Waals surface area contributed by atoms with Crippen LogP contribution in [0, 0.1) is 0 Å². The summed E-state index contributed by atoms with van der Waals surface area (Å²) in [5.41, 5.74) is 0. The quantitative estimate of drug-likeness (QED) is 0.437. The Bertz CT molecular complexity index is 110. The lowest BCUT2D eigenvalue weighted by atomic mass is 9.92. The summed E-state index contributed by atoms with van der Waals surface area (Å²) in [6.07, 6.45) is 5.15. The summed E-state index contributed by atoms with van der Waals surface area (Å²) in [4.78, 5) is 1.00. The van der Waals surface area contributed by atoms with E-state index in [9.17, 15) is 0 Å². The van der Waals surface area contributed by atoms with Crippen LogP contribution in [0.4, 0.5) is 0 Å². The van der Waals surface area contributed by atoms with E-state index in [1.807, 2.05) is 6.08 Å². The van der Waals surface area contributed by atoms with Crippen molar-refractivity contribution in [3.05, 3.63) is 24.3 Å². The van der Waals surface area contributed by atoms with Crippen LogP contribution < -0.4 is 0 Å². The van der Waals surface area contributed by atoms with Crippen LogP contribution in [0.1, 0.15) is 0 Å². The molecule has 0 fully saturated rings. The first kappa shape index (κ1) is 4.46. The largest absolute Gasteiger partial charge is 0.314 e. The van der Waals surface area contributed by atoms with Gasteiger partial charge in [-0.25, -0.2) is 0 Å². The molecular formula is C4H5BNO. The topological polar surface area (TPSA) is 23.5 Å². The fourth-order valence-electron chi connectivity index (χ4n) is 0.390. The number of hydrogen-bond acceptors (Lipinski definition) is 2. The second kappa shape index (κ2) is 1.84. The fourth-order valence-corrected chi connectivity index (χ4v) is 0.390. The normalized spacial score (nSPS) is 17.0. The van der Waals surface area contributed by atoms with Gasteiger partial charge in [-0.2, -0.15) is 0 Å². The average Bonchev–Trinajstić information content (AvgIpc) is 1.69. The Morgan fingerprint density at radius 2 is 2.29 bits per heavy atom. The second-order valence-corrected chi connectivity index (χ2v) is 1.26. The summed E-state index contributed by atoms with van der Waals surface area (Å²) in [7, 11) is 1.56. The van der Waals surface area contributed by atoms with Crippen LogP contribution in [0.15, 0.2) is 24.3 Å². The van der Waals surface area contributed by atoms with Crippen molar-refractivity contribution in [3.63, 3.8) is 0 Å². The Balaban J connectivity index is 2.49. The standard InChI is InChI=1S/C4H5BNO/c7-6-4-2-1-3-5-6/h1-4,7H. The number of rotatable bonds is 0. The van der Waals surface area contributed by atoms with E-state index < -0.39 is 0 Å². The first-order valence-electron chi connectivity index (χ1n) is 2.05. The predicted molar refractivity (Wildman–Crippen MR) is 27.7 cm³/mol. The van der Waals surface area contributed by atoms with Crippen molar-refractivity contribution >= 4 is 7.41 Å². The Morgan fingerprint density at radius 1 is 1.43 bits per heavy atom. The zero-order valence-corrected chi connectivity index (χ0v) is 3.78. The first-order valence-corrected chi connectivity index (χ1v) is 2.05. The van der Waals surface area contributed by atoms with Crippen LogP contribution in [0.5, 0.6) is 0 Å². The van der Waals surface area contributed by atoms with Gasteiger partial charge in [-0.05, 0) is 6.08 Å². The van der Waals surface area contributed by atoms with Gasteiger partial charge in [0.2, 0.25) is 0 Å². The molecule has 1 radical (unpaired) electrons. The molecule has 0 unspecified atom stereocenters. The third-order valence-corrected chi connectivity index (χ3v) is 0.700. The molecule has 0 atom stereocenters. The summed E-state index contributed by atoms with van der Waals surface area (Å²) in [5.74, 6) is 1.75. The summed E-state index contributed by atoms with van der Waals surface area (Å²) >= 11 is 0. The van der Waals surface area contributed by atoms with E-state index in [4.69, 9.17) is 5.21 Å². The molecule has 0 aliphatic carbocycles. The molecule has 1 rings (SSSR count). The molecule has 2 nitrogen and oxygen atoms in total. The average molecular weight is 93.9 g/mol. The van der Waals surface area contributed by atoms with Gasteiger partial charge in [0.1, 0.15) is 0 Å². The minimum atomic E-state index is 1.00. The third kappa shape index (κ3) is 1.09. The predicted octanol–water partition coefficient (Wildman–Crippen LogP) is 0.338. The maximum atomic E-state index is 8.55. The van der Waals surface area contributed by atoms with Gasteiger partial charge in [0, 0.05) is 6.20 Å². The van der Waals surface area contributed by atoms with Crippen molar-refractivity contribution in [2.24, 2.45) is 0 Å². The molecule has 1 heterocycles. The summed E-state index contributed by atoms with van der Waals surface area (Å²) < 4.78 is 0. The first-order chi connectivity index (χ1) is 3.39. The molecule has 0 saturated carbocycles.